The molecule has 23 heavy (non-hydrogen) atoms. The lowest BCUT2D eigenvalue weighted by atomic mass is 10.1. The van der Waals surface area contributed by atoms with Gasteiger partial charge < -0.3 is 19.9 Å². The van der Waals surface area contributed by atoms with Crippen LogP contribution in [0, 0.1) is 6.92 Å². The van der Waals surface area contributed by atoms with Gasteiger partial charge in [0.1, 0.15) is 11.5 Å². The topological polar surface area (TPSA) is 76.4 Å². The van der Waals surface area contributed by atoms with E-state index < -0.39 is 6.10 Å². The second-order valence-electron chi connectivity index (χ2n) is 5.79. The minimum absolute atomic E-state index is 0.0830. The van der Waals surface area contributed by atoms with E-state index in [1.54, 1.807) is 0 Å². The molecule has 0 saturated heterocycles. The van der Waals surface area contributed by atoms with Crippen LogP contribution < -0.4 is 15.4 Å². The number of hydrogen-bond donors (Lipinski definition) is 2. The molecule has 2 N–H and O–H groups in total. The Balaban J connectivity index is 1.69. The van der Waals surface area contributed by atoms with Gasteiger partial charge in [-0.05, 0) is 38.0 Å². The summed E-state index contributed by atoms with van der Waals surface area (Å²) in [5, 5.41) is 10.3. The SMILES string of the molecule is CC[C@@H]1Oc2cc([C@H](C)NCc3cc(C)on3)ccc2NC1=O. The maximum Gasteiger partial charge on any atom is 0.265 e. The highest BCUT2D eigenvalue weighted by molar-refractivity contribution is 5.97. The van der Waals surface area contributed by atoms with Crippen LogP contribution in [0.4, 0.5) is 5.69 Å². The van der Waals surface area contributed by atoms with Crippen molar-refractivity contribution >= 4 is 11.6 Å². The van der Waals surface area contributed by atoms with Crippen LogP contribution in [-0.2, 0) is 11.3 Å². The molecular weight excluding hydrogens is 294 g/mol. The van der Waals surface area contributed by atoms with Gasteiger partial charge in [-0.2, -0.15) is 0 Å². The second kappa shape index (κ2) is 6.42. The van der Waals surface area contributed by atoms with Crippen molar-refractivity contribution in [3.63, 3.8) is 0 Å². The summed E-state index contributed by atoms with van der Waals surface area (Å²) in [6, 6.07) is 7.88. The Morgan fingerprint density at radius 2 is 2.22 bits per heavy atom. The van der Waals surface area contributed by atoms with E-state index in [0.717, 1.165) is 28.5 Å². The summed E-state index contributed by atoms with van der Waals surface area (Å²) in [7, 11) is 0. The van der Waals surface area contributed by atoms with Gasteiger partial charge in [0, 0.05) is 18.7 Å². The van der Waals surface area contributed by atoms with Crippen molar-refractivity contribution in [2.45, 2.75) is 45.9 Å². The average Bonchev–Trinajstić information content (AvgIpc) is 2.97. The van der Waals surface area contributed by atoms with Crippen molar-refractivity contribution < 1.29 is 14.1 Å². The summed E-state index contributed by atoms with van der Waals surface area (Å²) < 4.78 is 10.8. The molecule has 3 rings (SSSR count). The highest BCUT2D eigenvalue weighted by atomic mass is 16.5. The van der Waals surface area contributed by atoms with E-state index in [1.165, 1.54) is 0 Å². The van der Waals surface area contributed by atoms with E-state index in [9.17, 15) is 4.79 Å². The number of aromatic nitrogens is 1. The molecule has 0 bridgehead atoms. The van der Waals surface area contributed by atoms with Crippen molar-refractivity contribution in [2.75, 3.05) is 5.32 Å². The molecule has 0 fully saturated rings. The van der Waals surface area contributed by atoms with E-state index in [1.807, 2.05) is 38.1 Å². The molecule has 0 saturated carbocycles. The number of nitrogens with one attached hydrogen (secondary N) is 2. The first-order chi connectivity index (χ1) is 11.1. The second-order valence-corrected chi connectivity index (χ2v) is 5.79. The molecule has 122 valence electrons. The highest BCUT2D eigenvalue weighted by Gasteiger charge is 2.26. The molecular formula is C17H21N3O3. The number of fused-ring (bicyclic) bond motifs is 1. The standard InChI is InChI=1S/C17H21N3O3/c1-4-15-17(21)19-14-6-5-12(8-16(14)22-15)11(3)18-9-13-7-10(2)23-20-13/h5-8,11,15,18H,4,9H2,1-3H3,(H,19,21)/t11-,15-/m0/s1. The summed E-state index contributed by atoms with van der Waals surface area (Å²) in [6.45, 7) is 6.51. The number of nitrogens with zero attached hydrogens (tertiary/aromatic N) is 1. The lowest BCUT2D eigenvalue weighted by molar-refractivity contribution is -0.123. The first-order valence-electron chi connectivity index (χ1n) is 7.84. The van der Waals surface area contributed by atoms with Crippen LogP contribution in [0.3, 0.4) is 0 Å². The number of hydrogen-bond acceptors (Lipinski definition) is 5. The number of aryl methyl sites for hydroxylation is 1. The Labute approximate surface area is 135 Å². The number of benzene rings is 1. The summed E-state index contributed by atoms with van der Waals surface area (Å²) in [6.07, 6.45) is 0.230. The fraction of sp³-hybridized carbons (Fsp3) is 0.412. The lowest BCUT2D eigenvalue weighted by Crippen LogP contribution is -2.36. The fourth-order valence-corrected chi connectivity index (χ4v) is 2.57. The van der Waals surface area contributed by atoms with Crippen molar-refractivity contribution in [1.29, 1.82) is 0 Å². The molecule has 2 heterocycles. The molecule has 1 aliphatic rings. The average molecular weight is 315 g/mol. The number of anilines is 1. The van der Waals surface area contributed by atoms with E-state index >= 15 is 0 Å². The smallest absolute Gasteiger partial charge is 0.265 e. The van der Waals surface area contributed by atoms with Crippen LogP contribution in [0.5, 0.6) is 5.75 Å². The monoisotopic (exact) mass is 315 g/mol. The number of rotatable bonds is 5. The van der Waals surface area contributed by atoms with Gasteiger partial charge in [-0.1, -0.05) is 18.1 Å². The van der Waals surface area contributed by atoms with Crippen molar-refractivity contribution in [1.82, 2.24) is 10.5 Å². The number of ether oxygens (including phenoxy) is 1. The molecule has 1 aliphatic heterocycles. The molecule has 2 atom stereocenters. The quantitative estimate of drug-likeness (QED) is 0.887. The molecule has 0 aliphatic carbocycles. The van der Waals surface area contributed by atoms with Crippen molar-refractivity contribution in [3.05, 3.63) is 41.3 Å². The van der Waals surface area contributed by atoms with Crippen LogP contribution >= 0.6 is 0 Å². The minimum Gasteiger partial charge on any atom is -0.478 e. The number of carbonyl (C=O) groups is 1. The number of carbonyl (C=O) groups excluding carboxylic acids is 1. The molecule has 0 unspecified atom stereocenters. The fourth-order valence-electron chi connectivity index (χ4n) is 2.57. The van der Waals surface area contributed by atoms with Gasteiger partial charge in [0.15, 0.2) is 6.10 Å². The van der Waals surface area contributed by atoms with Crippen molar-refractivity contribution in [2.24, 2.45) is 0 Å². The Morgan fingerprint density at radius 3 is 2.91 bits per heavy atom. The van der Waals surface area contributed by atoms with Gasteiger partial charge in [-0.25, -0.2) is 0 Å². The van der Waals surface area contributed by atoms with Gasteiger partial charge in [-0.3, -0.25) is 4.79 Å². The lowest BCUT2D eigenvalue weighted by Gasteiger charge is -2.26. The molecule has 1 amide bonds. The number of amides is 1. The van der Waals surface area contributed by atoms with Gasteiger partial charge >= 0.3 is 0 Å². The Hall–Kier alpha value is -2.34. The molecule has 1 aromatic heterocycles. The molecule has 2 aromatic rings. The van der Waals surface area contributed by atoms with E-state index in [4.69, 9.17) is 9.26 Å². The highest BCUT2D eigenvalue weighted by Crippen LogP contribution is 2.33. The molecule has 0 radical (unpaired) electrons. The normalized spacial score (nSPS) is 18.0. The molecule has 6 nitrogen and oxygen atoms in total. The van der Waals surface area contributed by atoms with Crippen molar-refractivity contribution in [3.8, 4) is 5.75 Å². The predicted molar refractivity (Wildman–Crippen MR) is 86.3 cm³/mol. The third kappa shape index (κ3) is 3.37. The summed E-state index contributed by atoms with van der Waals surface area (Å²) >= 11 is 0. The zero-order valence-electron chi connectivity index (χ0n) is 13.6. The zero-order chi connectivity index (χ0) is 16.4. The first-order valence-corrected chi connectivity index (χ1v) is 7.84. The van der Waals surface area contributed by atoms with Crippen LogP contribution in [-0.4, -0.2) is 17.2 Å². The predicted octanol–water partition coefficient (Wildman–Crippen LogP) is 2.94. The van der Waals surface area contributed by atoms with Gasteiger partial charge in [0.2, 0.25) is 0 Å². The summed E-state index contributed by atoms with van der Waals surface area (Å²) in [5.74, 6) is 1.44. The first kappa shape index (κ1) is 15.6. The van der Waals surface area contributed by atoms with Crippen LogP contribution in [0.25, 0.3) is 0 Å². The minimum atomic E-state index is -0.417. The molecule has 6 heteroatoms. The maximum absolute atomic E-state index is 11.8. The van der Waals surface area contributed by atoms with E-state index in [-0.39, 0.29) is 11.9 Å². The van der Waals surface area contributed by atoms with Crippen LogP contribution in [0.1, 0.15) is 43.3 Å². The Kier molecular flexibility index (Phi) is 4.34. The van der Waals surface area contributed by atoms with Crippen LogP contribution in [0.2, 0.25) is 0 Å². The van der Waals surface area contributed by atoms with Crippen LogP contribution in [0.15, 0.2) is 28.8 Å². The van der Waals surface area contributed by atoms with E-state index in [2.05, 4.69) is 22.7 Å². The van der Waals surface area contributed by atoms with E-state index in [0.29, 0.717) is 13.0 Å². The van der Waals surface area contributed by atoms with Gasteiger partial charge in [0.05, 0.1) is 11.4 Å². The third-order valence-corrected chi connectivity index (χ3v) is 3.96. The Bertz CT molecular complexity index is 711. The maximum atomic E-state index is 11.8. The zero-order valence-corrected chi connectivity index (χ0v) is 13.6. The Morgan fingerprint density at radius 1 is 1.39 bits per heavy atom. The molecule has 1 aromatic carbocycles. The summed E-state index contributed by atoms with van der Waals surface area (Å²) in [5.41, 5.74) is 2.69. The largest absolute Gasteiger partial charge is 0.478 e. The van der Waals surface area contributed by atoms with Gasteiger partial charge in [0.25, 0.3) is 5.91 Å². The van der Waals surface area contributed by atoms with Gasteiger partial charge in [-0.15, -0.1) is 0 Å². The third-order valence-electron chi connectivity index (χ3n) is 3.96. The molecule has 0 spiro atoms. The summed E-state index contributed by atoms with van der Waals surface area (Å²) in [4.78, 5) is 11.8.